The molecule has 0 heterocycles. The molecular formula is C21H28N2O4. The quantitative estimate of drug-likeness (QED) is 0.634. The highest BCUT2D eigenvalue weighted by Crippen LogP contribution is 2.28. The summed E-state index contributed by atoms with van der Waals surface area (Å²) < 4.78 is 16.1. The number of rotatable bonds is 9. The first-order chi connectivity index (χ1) is 13.0. The fraction of sp³-hybridized carbons (Fsp3) is 0.381. The lowest BCUT2D eigenvalue weighted by atomic mass is 10.1. The van der Waals surface area contributed by atoms with Gasteiger partial charge in [-0.25, -0.2) is 0 Å². The summed E-state index contributed by atoms with van der Waals surface area (Å²) in [5.74, 6) is 1.31. The Morgan fingerprint density at radius 2 is 1.63 bits per heavy atom. The first kappa shape index (κ1) is 20.7. The molecule has 2 aromatic rings. The third-order valence-electron chi connectivity index (χ3n) is 4.29. The van der Waals surface area contributed by atoms with Crippen molar-refractivity contribution in [2.45, 2.75) is 12.6 Å². The standard InChI is InChI=1S/C21H28N2O4/c1-22(14-16-11-12-18(25-3)19(13-16)26-4)15-23(2)21(24)20(27-5)17-9-7-6-8-10-17/h6-13,20H,14-15H2,1-5H3. The fourth-order valence-corrected chi connectivity index (χ4v) is 2.98. The Morgan fingerprint density at radius 3 is 2.22 bits per heavy atom. The average Bonchev–Trinajstić information content (AvgIpc) is 2.69. The topological polar surface area (TPSA) is 51.2 Å². The number of nitrogens with zero attached hydrogens (tertiary/aromatic N) is 2. The summed E-state index contributed by atoms with van der Waals surface area (Å²) >= 11 is 0. The van der Waals surface area contributed by atoms with Crippen molar-refractivity contribution in [3.8, 4) is 11.5 Å². The molecule has 0 fully saturated rings. The zero-order valence-corrected chi connectivity index (χ0v) is 16.6. The molecule has 0 saturated heterocycles. The van der Waals surface area contributed by atoms with Crippen LogP contribution >= 0.6 is 0 Å². The highest BCUT2D eigenvalue weighted by atomic mass is 16.5. The molecule has 1 unspecified atom stereocenters. The Balaban J connectivity index is 2.00. The first-order valence-electron chi connectivity index (χ1n) is 8.72. The molecule has 0 saturated carbocycles. The number of methoxy groups -OCH3 is 3. The van der Waals surface area contributed by atoms with E-state index in [9.17, 15) is 4.79 Å². The number of hydrogen-bond acceptors (Lipinski definition) is 5. The molecule has 27 heavy (non-hydrogen) atoms. The maximum Gasteiger partial charge on any atom is 0.257 e. The summed E-state index contributed by atoms with van der Waals surface area (Å²) in [5.41, 5.74) is 1.92. The molecule has 0 N–H and O–H groups in total. The molecule has 2 rings (SSSR count). The van der Waals surface area contributed by atoms with Crippen molar-refractivity contribution in [3.05, 3.63) is 59.7 Å². The molecular weight excluding hydrogens is 344 g/mol. The second kappa shape index (κ2) is 9.94. The van der Waals surface area contributed by atoms with E-state index >= 15 is 0 Å². The van der Waals surface area contributed by atoms with Crippen LogP contribution in [0.4, 0.5) is 0 Å². The van der Waals surface area contributed by atoms with Gasteiger partial charge in [0.2, 0.25) is 0 Å². The van der Waals surface area contributed by atoms with E-state index in [0.717, 1.165) is 11.1 Å². The minimum absolute atomic E-state index is 0.0807. The number of hydrogen-bond donors (Lipinski definition) is 0. The van der Waals surface area contributed by atoms with Crippen molar-refractivity contribution in [2.24, 2.45) is 0 Å². The maximum atomic E-state index is 12.8. The lowest BCUT2D eigenvalue weighted by Crippen LogP contribution is -2.39. The van der Waals surface area contributed by atoms with Crippen LogP contribution in [0, 0.1) is 0 Å². The summed E-state index contributed by atoms with van der Waals surface area (Å²) in [5, 5.41) is 0. The molecule has 146 valence electrons. The van der Waals surface area contributed by atoms with E-state index in [1.165, 1.54) is 0 Å². The van der Waals surface area contributed by atoms with Gasteiger partial charge in [0.1, 0.15) is 0 Å². The van der Waals surface area contributed by atoms with Crippen molar-refractivity contribution in [3.63, 3.8) is 0 Å². The van der Waals surface area contributed by atoms with Gasteiger partial charge < -0.3 is 19.1 Å². The lowest BCUT2D eigenvalue weighted by Gasteiger charge is -2.28. The zero-order valence-electron chi connectivity index (χ0n) is 16.6. The van der Waals surface area contributed by atoms with E-state index in [4.69, 9.17) is 14.2 Å². The third kappa shape index (κ3) is 5.45. The van der Waals surface area contributed by atoms with Crippen LogP contribution in [0.1, 0.15) is 17.2 Å². The van der Waals surface area contributed by atoms with Crippen LogP contribution in [0.3, 0.4) is 0 Å². The van der Waals surface area contributed by atoms with E-state index < -0.39 is 6.10 Å². The molecule has 6 nitrogen and oxygen atoms in total. The summed E-state index contributed by atoms with van der Waals surface area (Å²) in [6.07, 6.45) is -0.606. The number of carbonyl (C=O) groups excluding carboxylic acids is 1. The van der Waals surface area contributed by atoms with Crippen LogP contribution in [-0.2, 0) is 16.1 Å². The smallest absolute Gasteiger partial charge is 0.257 e. The highest BCUT2D eigenvalue weighted by Gasteiger charge is 2.24. The van der Waals surface area contributed by atoms with E-state index in [2.05, 4.69) is 4.90 Å². The molecule has 0 aliphatic rings. The Hall–Kier alpha value is -2.57. The number of benzene rings is 2. The van der Waals surface area contributed by atoms with Crippen LogP contribution in [0.15, 0.2) is 48.5 Å². The van der Waals surface area contributed by atoms with Crippen LogP contribution in [0.25, 0.3) is 0 Å². The van der Waals surface area contributed by atoms with Gasteiger partial charge in [0, 0.05) is 20.7 Å². The van der Waals surface area contributed by atoms with E-state index in [0.29, 0.717) is 24.7 Å². The van der Waals surface area contributed by atoms with Crippen molar-refractivity contribution in [1.82, 2.24) is 9.80 Å². The second-order valence-corrected chi connectivity index (χ2v) is 6.41. The van der Waals surface area contributed by atoms with E-state index in [1.54, 1.807) is 33.3 Å². The first-order valence-corrected chi connectivity index (χ1v) is 8.72. The number of carbonyl (C=O) groups is 1. The molecule has 0 spiro atoms. The van der Waals surface area contributed by atoms with Gasteiger partial charge in [0.25, 0.3) is 5.91 Å². The van der Waals surface area contributed by atoms with Gasteiger partial charge in [-0.3, -0.25) is 9.69 Å². The predicted molar refractivity (Wildman–Crippen MR) is 105 cm³/mol. The monoisotopic (exact) mass is 372 g/mol. The molecule has 1 atom stereocenters. The van der Waals surface area contributed by atoms with Gasteiger partial charge >= 0.3 is 0 Å². The Morgan fingerprint density at radius 1 is 0.963 bits per heavy atom. The molecule has 1 amide bonds. The minimum atomic E-state index is -0.606. The molecule has 0 aliphatic carbocycles. The minimum Gasteiger partial charge on any atom is -0.493 e. The molecule has 6 heteroatoms. The van der Waals surface area contributed by atoms with Crippen LogP contribution in [-0.4, -0.2) is 57.8 Å². The Bertz CT molecular complexity index is 736. The summed E-state index contributed by atoms with van der Waals surface area (Å²) in [6.45, 7) is 1.14. The largest absolute Gasteiger partial charge is 0.493 e. The average molecular weight is 372 g/mol. The molecule has 0 bridgehead atoms. The Labute approximate surface area is 161 Å². The van der Waals surface area contributed by atoms with Gasteiger partial charge in [0.15, 0.2) is 17.6 Å². The van der Waals surface area contributed by atoms with Gasteiger partial charge in [-0.1, -0.05) is 36.4 Å². The fourth-order valence-electron chi connectivity index (χ4n) is 2.98. The van der Waals surface area contributed by atoms with Gasteiger partial charge in [0.05, 0.1) is 20.9 Å². The second-order valence-electron chi connectivity index (χ2n) is 6.41. The van der Waals surface area contributed by atoms with Gasteiger partial charge in [-0.15, -0.1) is 0 Å². The number of ether oxygens (including phenoxy) is 3. The predicted octanol–water partition coefficient (Wildman–Crippen LogP) is 2.94. The molecule has 0 aromatic heterocycles. The van der Waals surface area contributed by atoms with Gasteiger partial charge in [-0.05, 0) is 30.3 Å². The molecule has 0 aliphatic heterocycles. The zero-order chi connectivity index (χ0) is 19.8. The van der Waals surface area contributed by atoms with Crippen LogP contribution in [0.5, 0.6) is 11.5 Å². The maximum absolute atomic E-state index is 12.8. The Kier molecular flexibility index (Phi) is 7.64. The third-order valence-corrected chi connectivity index (χ3v) is 4.29. The van der Waals surface area contributed by atoms with Crippen molar-refractivity contribution in [1.29, 1.82) is 0 Å². The number of amides is 1. The highest BCUT2D eigenvalue weighted by molar-refractivity contribution is 5.82. The van der Waals surface area contributed by atoms with Crippen molar-refractivity contribution < 1.29 is 19.0 Å². The van der Waals surface area contributed by atoms with E-state index in [-0.39, 0.29) is 5.91 Å². The lowest BCUT2D eigenvalue weighted by molar-refractivity contribution is -0.142. The van der Waals surface area contributed by atoms with Gasteiger partial charge in [-0.2, -0.15) is 0 Å². The summed E-state index contributed by atoms with van der Waals surface area (Å²) in [6, 6.07) is 15.3. The van der Waals surface area contributed by atoms with Crippen molar-refractivity contribution in [2.75, 3.05) is 42.1 Å². The molecule has 2 aromatic carbocycles. The SMILES string of the molecule is COc1ccc(CN(C)CN(C)C(=O)C(OC)c2ccccc2)cc1OC. The number of likely N-dealkylation sites (N-methyl/N-ethyl adjacent to an activating group) is 1. The van der Waals surface area contributed by atoms with Crippen LogP contribution < -0.4 is 9.47 Å². The van der Waals surface area contributed by atoms with Crippen LogP contribution in [0.2, 0.25) is 0 Å². The normalized spacial score (nSPS) is 11.9. The van der Waals surface area contributed by atoms with E-state index in [1.807, 2.05) is 55.6 Å². The molecule has 0 radical (unpaired) electrons. The van der Waals surface area contributed by atoms with Crippen molar-refractivity contribution >= 4 is 5.91 Å². The summed E-state index contributed by atoms with van der Waals surface area (Å²) in [7, 11) is 8.53. The summed E-state index contributed by atoms with van der Waals surface area (Å²) in [4.78, 5) is 16.5.